The minimum Gasteiger partial charge on any atom is -0.330 e. The van der Waals surface area contributed by atoms with Gasteiger partial charge in [-0.25, -0.2) is 0 Å². The monoisotopic (exact) mass is 306 g/mol. The van der Waals surface area contributed by atoms with Crippen molar-refractivity contribution in [1.82, 2.24) is 20.1 Å². The Bertz CT molecular complexity index is 827. The Morgan fingerprint density at radius 2 is 2.09 bits per heavy atom. The van der Waals surface area contributed by atoms with Crippen LogP contribution in [0.25, 0.3) is 10.9 Å². The van der Waals surface area contributed by atoms with E-state index in [9.17, 15) is 4.79 Å². The number of aromatic amines is 1. The molecule has 0 bridgehead atoms. The molecule has 1 amide bonds. The number of nitrogens with zero attached hydrogens (tertiary/aromatic N) is 3. The number of piperidine rings is 1. The van der Waals surface area contributed by atoms with Crippen LogP contribution in [0, 0.1) is 0 Å². The van der Waals surface area contributed by atoms with E-state index in [1.807, 2.05) is 47.5 Å². The van der Waals surface area contributed by atoms with E-state index in [2.05, 4.69) is 15.2 Å². The molecule has 0 radical (unpaired) electrons. The molecule has 3 aromatic rings. The Morgan fingerprint density at radius 1 is 1.17 bits per heavy atom. The molecule has 1 aliphatic rings. The lowest BCUT2D eigenvalue weighted by molar-refractivity contribution is 0.0607. The fraction of sp³-hybridized carbons (Fsp3) is 0.278. The zero-order valence-corrected chi connectivity index (χ0v) is 12.8. The second-order valence-corrected chi connectivity index (χ2v) is 5.91. The molecular formula is C18H18N4O. The molecule has 1 unspecified atom stereocenters. The number of fused-ring (bicyclic) bond motifs is 1. The molecule has 4 rings (SSSR count). The van der Waals surface area contributed by atoms with Crippen molar-refractivity contribution in [2.45, 2.75) is 25.3 Å². The van der Waals surface area contributed by atoms with Gasteiger partial charge in [0.2, 0.25) is 0 Å². The Balaban J connectivity index is 1.71. The van der Waals surface area contributed by atoms with Gasteiger partial charge in [-0.15, -0.1) is 0 Å². The number of para-hydroxylation sites is 1. The van der Waals surface area contributed by atoms with Gasteiger partial charge >= 0.3 is 0 Å². The third-order valence-corrected chi connectivity index (χ3v) is 4.51. The van der Waals surface area contributed by atoms with Gasteiger partial charge in [0, 0.05) is 24.3 Å². The minimum atomic E-state index is -0.00370. The van der Waals surface area contributed by atoms with Crippen molar-refractivity contribution in [2.24, 2.45) is 0 Å². The largest absolute Gasteiger partial charge is 0.330 e. The summed E-state index contributed by atoms with van der Waals surface area (Å²) in [6.07, 6.45) is 6.76. The number of pyridine rings is 1. The second kappa shape index (κ2) is 5.83. The maximum Gasteiger partial charge on any atom is 0.275 e. The summed E-state index contributed by atoms with van der Waals surface area (Å²) in [6, 6.07) is 11.8. The third kappa shape index (κ3) is 2.48. The highest BCUT2D eigenvalue weighted by Gasteiger charge is 2.30. The average Bonchev–Trinajstić information content (AvgIpc) is 3.06. The van der Waals surface area contributed by atoms with Crippen LogP contribution in [0.2, 0.25) is 0 Å². The summed E-state index contributed by atoms with van der Waals surface area (Å²) in [7, 11) is 0. The fourth-order valence-electron chi connectivity index (χ4n) is 3.36. The lowest BCUT2D eigenvalue weighted by Crippen LogP contribution is -2.38. The zero-order valence-electron chi connectivity index (χ0n) is 12.8. The van der Waals surface area contributed by atoms with E-state index in [1.165, 1.54) is 0 Å². The van der Waals surface area contributed by atoms with Crippen molar-refractivity contribution in [1.29, 1.82) is 0 Å². The smallest absolute Gasteiger partial charge is 0.275 e. The highest BCUT2D eigenvalue weighted by atomic mass is 16.2. The first kappa shape index (κ1) is 13.9. The molecule has 1 fully saturated rings. The number of H-pyrrole nitrogens is 1. The van der Waals surface area contributed by atoms with Crippen LogP contribution in [-0.4, -0.2) is 32.5 Å². The molecule has 0 aliphatic carbocycles. The van der Waals surface area contributed by atoms with Crippen molar-refractivity contribution in [3.05, 3.63) is 60.0 Å². The van der Waals surface area contributed by atoms with E-state index in [0.29, 0.717) is 5.69 Å². The molecule has 1 N–H and O–H groups in total. The van der Waals surface area contributed by atoms with Crippen molar-refractivity contribution in [3.8, 4) is 0 Å². The summed E-state index contributed by atoms with van der Waals surface area (Å²) < 4.78 is 0. The van der Waals surface area contributed by atoms with Gasteiger partial charge in [-0.2, -0.15) is 5.10 Å². The first-order valence-corrected chi connectivity index (χ1v) is 7.98. The highest BCUT2D eigenvalue weighted by molar-refractivity contribution is 6.04. The van der Waals surface area contributed by atoms with Crippen LogP contribution < -0.4 is 0 Å². The Kier molecular flexibility index (Phi) is 3.54. The van der Waals surface area contributed by atoms with Crippen LogP contribution in [0.4, 0.5) is 0 Å². The van der Waals surface area contributed by atoms with E-state index in [0.717, 1.165) is 42.3 Å². The Hall–Kier alpha value is -2.69. The molecule has 116 valence electrons. The Morgan fingerprint density at radius 3 is 2.96 bits per heavy atom. The van der Waals surface area contributed by atoms with Crippen molar-refractivity contribution >= 4 is 16.8 Å². The molecule has 1 aromatic carbocycles. The summed E-state index contributed by atoms with van der Waals surface area (Å²) in [5.41, 5.74) is 2.50. The SMILES string of the molecule is O=C(c1n[nH]c2ccccc12)N1CCCCC1c1cccnc1. The van der Waals surface area contributed by atoms with Crippen molar-refractivity contribution < 1.29 is 4.79 Å². The number of benzene rings is 1. The molecule has 1 aliphatic heterocycles. The van der Waals surface area contributed by atoms with E-state index in [-0.39, 0.29) is 11.9 Å². The van der Waals surface area contributed by atoms with Crippen molar-refractivity contribution in [3.63, 3.8) is 0 Å². The molecule has 1 atom stereocenters. The van der Waals surface area contributed by atoms with Crippen LogP contribution in [-0.2, 0) is 0 Å². The second-order valence-electron chi connectivity index (χ2n) is 5.91. The average molecular weight is 306 g/mol. The predicted molar refractivity (Wildman–Crippen MR) is 88.0 cm³/mol. The maximum atomic E-state index is 13.1. The molecule has 2 aromatic heterocycles. The lowest BCUT2D eigenvalue weighted by atomic mass is 9.96. The summed E-state index contributed by atoms with van der Waals surface area (Å²) >= 11 is 0. The molecule has 5 heteroatoms. The number of carbonyl (C=O) groups excluding carboxylic acids is 1. The number of nitrogens with one attached hydrogen (secondary N) is 1. The predicted octanol–water partition coefficient (Wildman–Crippen LogP) is 3.33. The van der Waals surface area contributed by atoms with Crippen LogP contribution in [0.15, 0.2) is 48.8 Å². The van der Waals surface area contributed by atoms with E-state index < -0.39 is 0 Å². The highest BCUT2D eigenvalue weighted by Crippen LogP contribution is 2.32. The quantitative estimate of drug-likeness (QED) is 0.790. The fourth-order valence-corrected chi connectivity index (χ4v) is 3.36. The standard InChI is InChI=1S/C18H18N4O/c23-18(17-14-7-1-2-8-15(14)20-21-17)22-11-4-3-9-16(22)13-6-5-10-19-12-13/h1-2,5-8,10,12,16H,3-4,9,11H2,(H,20,21). The topological polar surface area (TPSA) is 61.9 Å². The summed E-state index contributed by atoms with van der Waals surface area (Å²) in [5.74, 6) is -0.00370. The van der Waals surface area contributed by atoms with Gasteiger partial charge in [-0.05, 0) is 37.0 Å². The molecular weight excluding hydrogens is 288 g/mol. The van der Waals surface area contributed by atoms with Gasteiger partial charge in [-0.1, -0.05) is 24.3 Å². The van der Waals surface area contributed by atoms with Gasteiger partial charge < -0.3 is 4.90 Å². The molecule has 1 saturated heterocycles. The van der Waals surface area contributed by atoms with E-state index in [1.54, 1.807) is 6.20 Å². The number of hydrogen-bond donors (Lipinski definition) is 1. The number of rotatable bonds is 2. The minimum absolute atomic E-state index is 0.00370. The number of carbonyl (C=O) groups is 1. The van der Waals surface area contributed by atoms with Crippen LogP contribution in [0.1, 0.15) is 41.4 Å². The molecule has 0 spiro atoms. The van der Waals surface area contributed by atoms with Gasteiger partial charge in [0.25, 0.3) is 5.91 Å². The first-order valence-electron chi connectivity index (χ1n) is 7.98. The van der Waals surface area contributed by atoms with Crippen LogP contribution in [0.5, 0.6) is 0 Å². The van der Waals surface area contributed by atoms with Crippen LogP contribution >= 0.6 is 0 Å². The van der Waals surface area contributed by atoms with Gasteiger partial charge in [0.15, 0.2) is 5.69 Å². The zero-order chi connectivity index (χ0) is 15.6. The van der Waals surface area contributed by atoms with Crippen LogP contribution in [0.3, 0.4) is 0 Å². The van der Waals surface area contributed by atoms with Crippen molar-refractivity contribution in [2.75, 3.05) is 6.54 Å². The number of aromatic nitrogens is 3. The van der Waals surface area contributed by atoms with Gasteiger partial charge in [0.1, 0.15) is 0 Å². The first-order chi connectivity index (χ1) is 11.3. The summed E-state index contributed by atoms with van der Waals surface area (Å²) in [6.45, 7) is 0.763. The molecule has 3 heterocycles. The summed E-state index contributed by atoms with van der Waals surface area (Å²) in [5, 5.41) is 8.10. The molecule has 0 saturated carbocycles. The van der Waals surface area contributed by atoms with Gasteiger partial charge in [-0.3, -0.25) is 14.9 Å². The van der Waals surface area contributed by atoms with Gasteiger partial charge in [0.05, 0.1) is 11.6 Å². The third-order valence-electron chi connectivity index (χ3n) is 4.51. The summed E-state index contributed by atoms with van der Waals surface area (Å²) in [4.78, 5) is 19.2. The number of hydrogen-bond acceptors (Lipinski definition) is 3. The maximum absolute atomic E-state index is 13.1. The molecule has 23 heavy (non-hydrogen) atoms. The van der Waals surface area contributed by atoms with E-state index >= 15 is 0 Å². The molecule has 5 nitrogen and oxygen atoms in total. The number of amides is 1. The normalized spacial score (nSPS) is 18.3. The lowest BCUT2D eigenvalue weighted by Gasteiger charge is -2.35. The Labute approximate surface area is 134 Å². The number of likely N-dealkylation sites (tertiary alicyclic amines) is 1. The van der Waals surface area contributed by atoms with E-state index in [4.69, 9.17) is 0 Å².